The maximum Gasteiger partial charge on any atom is 0.326 e. The minimum Gasteiger partial charge on any atom is -0.507 e. The van der Waals surface area contributed by atoms with Crippen molar-refractivity contribution in [2.45, 2.75) is 33.2 Å². The molecule has 0 radical (unpaired) electrons. The highest BCUT2D eigenvalue weighted by atomic mass is 35.5. The predicted octanol–water partition coefficient (Wildman–Crippen LogP) is 6.23. The summed E-state index contributed by atoms with van der Waals surface area (Å²) in [6.45, 7) is 5.40. The molecule has 0 fully saturated rings. The summed E-state index contributed by atoms with van der Waals surface area (Å²) in [5, 5.41) is 22.5. The second-order valence-corrected chi connectivity index (χ2v) is 9.16. The Kier molecular flexibility index (Phi) is 8.07. The Bertz CT molecular complexity index is 1200. The van der Waals surface area contributed by atoms with Gasteiger partial charge in [0, 0.05) is 5.56 Å². The third-order valence-corrected chi connectivity index (χ3v) is 5.75. The van der Waals surface area contributed by atoms with Gasteiger partial charge in [0.1, 0.15) is 17.5 Å². The summed E-state index contributed by atoms with van der Waals surface area (Å²) < 4.78 is 5.92. The molecule has 0 bridgehead atoms. The number of rotatable bonds is 8. The van der Waals surface area contributed by atoms with E-state index in [9.17, 15) is 19.8 Å². The molecular formula is C26H25Cl2NO5. The van der Waals surface area contributed by atoms with E-state index < -0.39 is 17.9 Å². The van der Waals surface area contributed by atoms with E-state index in [4.69, 9.17) is 27.9 Å². The molecule has 0 saturated heterocycles. The number of carboxylic acids is 1. The lowest BCUT2D eigenvalue weighted by atomic mass is 10.0. The lowest BCUT2D eigenvalue weighted by Crippen LogP contribution is -2.44. The first-order valence-electron chi connectivity index (χ1n) is 10.6. The van der Waals surface area contributed by atoms with Crippen molar-refractivity contribution in [3.63, 3.8) is 0 Å². The summed E-state index contributed by atoms with van der Waals surface area (Å²) in [5.74, 6) is -1.08. The van der Waals surface area contributed by atoms with E-state index >= 15 is 0 Å². The maximum atomic E-state index is 12.3. The number of phenols is 1. The standard InChI is InChI=1S/C26H25Cl2NO5/c1-14(2)24(26(32)33)29-23(31)12-16-10-20(27)25(21(28)11-16)34-18-7-8-22(30)19(13-18)17-6-4-5-15(3)9-17/h4-11,13-14,24,30H,12H2,1-3H3,(H,29,31)(H,32,33). The van der Waals surface area contributed by atoms with Gasteiger partial charge in [-0.2, -0.15) is 0 Å². The van der Waals surface area contributed by atoms with Crippen LogP contribution in [0.15, 0.2) is 54.6 Å². The number of benzene rings is 3. The normalized spacial score (nSPS) is 11.8. The fourth-order valence-corrected chi connectivity index (χ4v) is 4.09. The molecule has 0 aliphatic rings. The molecule has 34 heavy (non-hydrogen) atoms. The fraction of sp³-hybridized carbons (Fsp3) is 0.231. The molecule has 178 valence electrons. The number of phenolic OH excluding ortho intramolecular Hbond substituents is 1. The zero-order valence-corrected chi connectivity index (χ0v) is 20.4. The van der Waals surface area contributed by atoms with Gasteiger partial charge in [0.05, 0.1) is 16.5 Å². The van der Waals surface area contributed by atoms with Crippen LogP contribution < -0.4 is 10.1 Å². The molecular weight excluding hydrogens is 477 g/mol. The fourth-order valence-electron chi connectivity index (χ4n) is 3.48. The van der Waals surface area contributed by atoms with Crippen LogP contribution in [0.3, 0.4) is 0 Å². The SMILES string of the molecule is Cc1cccc(-c2cc(Oc3c(Cl)cc(CC(=O)NC(C(=O)O)C(C)C)cc3Cl)ccc2O)c1. The summed E-state index contributed by atoms with van der Waals surface area (Å²) >= 11 is 12.8. The number of hydrogen-bond acceptors (Lipinski definition) is 4. The summed E-state index contributed by atoms with van der Waals surface area (Å²) in [7, 11) is 0. The Morgan fingerprint density at radius 1 is 1.03 bits per heavy atom. The smallest absolute Gasteiger partial charge is 0.326 e. The van der Waals surface area contributed by atoms with Crippen LogP contribution in [-0.2, 0) is 16.0 Å². The average Bonchev–Trinajstić information content (AvgIpc) is 2.75. The van der Waals surface area contributed by atoms with Gasteiger partial charge in [-0.25, -0.2) is 4.79 Å². The summed E-state index contributed by atoms with van der Waals surface area (Å²) in [4.78, 5) is 23.7. The van der Waals surface area contributed by atoms with Crippen molar-refractivity contribution >= 4 is 35.1 Å². The topological polar surface area (TPSA) is 95.9 Å². The number of hydrogen-bond donors (Lipinski definition) is 3. The molecule has 3 N–H and O–H groups in total. The molecule has 6 nitrogen and oxygen atoms in total. The average molecular weight is 502 g/mol. The van der Waals surface area contributed by atoms with Gasteiger partial charge in [0.2, 0.25) is 5.91 Å². The van der Waals surface area contributed by atoms with E-state index in [1.807, 2.05) is 31.2 Å². The van der Waals surface area contributed by atoms with E-state index in [0.29, 0.717) is 16.9 Å². The van der Waals surface area contributed by atoms with Gasteiger partial charge in [-0.3, -0.25) is 4.79 Å². The van der Waals surface area contributed by atoms with Crippen LogP contribution in [0.5, 0.6) is 17.2 Å². The molecule has 1 unspecified atom stereocenters. The van der Waals surface area contributed by atoms with Crippen LogP contribution in [0, 0.1) is 12.8 Å². The van der Waals surface area contributed by atoms with E-state index in [1.54, 1.807) is 38.1 Å². The molecule has 8 heteroatoms. The molecule has 1 atom stereocenters. The van der Waals surface area contributed by atoms with E-state index in [0.717, 1.165) is 11.1 Å². The van der Waals surface area contributed by atoms with Gasteiger partial charge in [-0.05, 0) is 54.3 Å². The zero-order valence-electron chi connectivity index (χ0n) is 18.9. The number of aryl methyl sites for hydroxylation is 1. The number of halogens is 2. The number of nitrogens with one attached hydrogen (secondary N) is 1. The highest BCUT2D eigenvalue weighted by Crippen LogP contribution is 2.40. The first-order valence-corrected chi connectivity index (χ1v) is 11.4. The molecule has 0 heterocycles. The number of carbonyl (C=O) groups excluding carboxylic acids is 1. The number of amides is 1. The third kappa shape index (κ3) is 6.22. The van der Waals surface area contributed by atoms with Gasteiger partial charge in [-0.1, -0.05) is 66.9 Å². The van der Waals surface area contributed by atoms with Crippen LogP contribution in [0.25, 0.3) is 11.1 Å². The Morgan fingerprint density at radius 3 is 2.29 bits per heavy atom. The molecule has 0 aromatic heterocycles. The van der Waals surface area contributed by atoms with Crippen molar-refractivity contribution in [2.24, 2.45) is 5.92 Å². The Balaban J connectivity index is 1.80. The summed E-state index contributed by atoms with van der Waals surface area (Å²) in [6, 6.07) is 14.6. The van der Waals surface area contributed by atoms with Crippen LogP contribution >= 0.6 is 23.2 Å². The van der Waals surface area contributed by atoms with Crippen LogP contribution in [-0.4, -0.2) is 28.1 Å². The minimum atomic E-state index is -1.10. The molecule has 1 amide bonds. The van der Waals surface area contributed by atoms with Crippen molar-refractivity contribution in [2.75, 3.05) is 0 Å². The monoisotopic (exact) mass is 501 g/mol. The predicted molar refractivity (Wildman–Crippen MR) is 133 cm³/mol. The van der Waals surface area contributed by atoms with Gasteiger partial charge in [0.25, 0.3) is 0 Å². The van der Waals surface area contributed by atoms with Crippen molar-refractivity contribution in [3.05, 3.63) is 75.8 Å². The largest absolute Gasteiger partial charge is 0.507 e. The van der Waals surface area contributed by atoms with Crippen molar-refractivity contribution in [1.82, 2.24) is 5.32 Å². The Hall–Kier alpha value is -3.22. The van der Waals surface area contributed by atoms with Crippen LogP contribution in [0.4, 0.5) is 0 Å². The van der Waals surface area contributed by atoms with Crippen molar-refractivity contribution < 1.29 is 24.5 Å². The molecule has 0 aliphatic heterocycles. The Labute approximate surface area is 208 Å². The van der Waals surface area contributed by atoms with Gasteiger partial charge < -0.3 is 20.3 Å². The van der Waals surface area contributed by atoms with Crippen molar-refractivity contribution in [3.8, 4) is 28.4 Å². The maximum absolute atomic E-state index is 12.3. The molecule has 0 aliphatic carbocycles. The summed E-state index contributed by atoms with van der Waals surface area (Å²) in [5.41, 5.74) is 3.00. The lowest BCUT2D eigenvalue weighted by molar-refractivity contribution is -0.143. The van der Waals surface area contributed by atoms with Gasteiger partial charge in [0.15, 0.2) is 5.75 Å². The minimum absolute atomic E-state index is 0.0903. The highest BCUT2D eigenvalue weighted by molar-refractivity contribution is 6.37. The van der Waals surface area contributed by atoms with Gasteiger partial charge >= 0.3 is 5.97 Å². The summed E-state index contributed by atoms with van der Waals surface area (Å²) in [6.07, 6.45) is -0.0903. The zero-order chi connectivity index (χ0) is 25.0. The van der Waals surface area contributed by atoms with Crippen LogP contribution in [0.1, 0.15) is 25.0 Å². The second-order valence-electron chi connectivity index (χ2n) is 8.34. The highest BCUT2D eigenvalue weighted by Gasteiger charge is 2.23. The Morgan fingerprint density at radius 2 is 1.71 bits per heavy atom. The number of aliphatic carboxylic acids is 1. The van der Waals surface area contributed by atoms with Crippen molar-refractivity contribution in [1.29, 1.82) is 0 Å². The molecule has 0 saturated carbocycles. The number of carbonyl (C=O) groups is 2. The van der Waals surface area contributed by atoms with E-state index in [1.165, 1.54) is 6.07 Å². The molecule has 0 spiro atoms. The van der Waals surface area contributed by atoms with Gasteiger partial charge in [-0.15, -0.1) is 0 Å². The second kappa shape index (κ2) is 10.8. The number of ether oxygens (including phenoxy) is 1. The number of aromatic hydroxyl groups is 1. The molecule has 3 aromatic carbocycles. The number of carboxylic acid groups (broad SMARTS) is 1. The first kappa shape index (κ1) is 25.4. The molecule has 3 rings (SSSR count). The van der Waals surface area contributed by atoms with E-state index in [2.05, 4.69) is 5.32 Å². The molecule has 3 aromatic rings. The first-order chi connectivity index (χ1) is 16.0. The van der Waals surface area contributed by atoms with E-state index in [-0.39, 0.29) is 33.9 Å². The van der Waals surface area contributed by atoms with Crippen LogP contribution in [0.2, 0.25) is 10.0 Å². The lowest BCUT2D eigenvalue weighted by Gasteiger charge is -2.18. The quantitative estimate of drug-likeness (QED) is 0.339. The third-order valence-electron chi connectivity index (χ3n) is 5.19.